The highest BCUT2D eigenvalue weighted by Crippen LogP contribution is 2.29. The lowest BCUT2D eigenvalue weighted by Gasteiger charge is -2.21. The molecule has 0 heterocycles. The molecule has 0 N–H and O–H groups in total. The van der Waals surface area contributed by atoms with E-state index in [4.69, 9.17) is 9.47 Å². The van der Waals surface area contributed by atoms with Crippen LogP contribution in [0.3, 0.4) is 0 Å². The lowest BCUT2D eigenvalue weighted by Crippen LogP contribution is -2.31. The van der Waals surface area contributed by atoms with E-state index in [-0.39, 0.29) is 5.91 Å². The van der Waals surface area contributed by atoms with Crippen LogP contribution in [0.4, 0.5) is 0 Å². The van der Waals surface area contributed by atoms with Gasteiger partial charge in [0.25, 0.3) is 0 Å². The Bertz CT molecular complexity index is 792. The summed E-state index contributed by atoms with van der Waals surface area (Å²) >= 11 is 0. The Kier molecular flexibility index (Phi) is 5.61. The summed E-state index contributed by atoms with van der Waals surface area (Å²) in [5.74, 6) is 1.63. The van der Waals surface area contributed by atoms with Gasteiger partial charge in [0.15, 0.2) is 0 Å². The Morgan fingerprint density at radius 3 is 2.46 bits per heavy atom. The molecule has 1 saturated carbocycles. The van der Waals surface area contributed by atoms with Crippen molar-refractivity contribution in [3.63, 3.8) is 0 Å². The first-order valence-electron chi connectivity index (χ1n) is 8.87. The maximum absolute atomic E-state index is 12.8. The van der Waals surface area contributed by atoms with Crippen LogP contribution in [0.25, 0.3) is 6.08 Å². The largest absolute Gasteiger partial charge is 0.497 e. The number of carbonyl (C=O) groups excluding carboxylic acids is 1. The third kappa shape index (κ3) is 4.45. The number of ether oxygens (including phenoxy) is 2. The lowest BCUT2D eigenvalue weighted by atomic mass is 10.1. The number of amides is 1. The molecule has 3 rings (SSSR count). The van der Waals surface area contributed by atoms with Crippen LogP contribution in [-0.4, -0.2) is 31.1 Å². The first kappa shape index (κ1) is 18.1. The molecule has 1 aliphatic rings. The summed E-state index contributed by atoms with van der Waals surface area (Å²) in [6.07, 6.45) is 5.64. The predicted octanol–water partition coefficient (Wildman–Crippen LogP) is 4.22. The van der Waals surface area contributed by atoms with E-state index in [1.54, 1.807) is 20.3 Å². The molecular formula is C22H25NO3. The third-order valence-electron chi connectivity index (χ3n) is 4.57. The van der Waals surface area contributed by atoms with Crippen molar-refractivity contribution < 1.29 is 14.3 Å². The molecule has 4 heteroatoms. The number of benzene rings is 2. The maximum atomic E-state index is 12.8. The van der Waals surface area contributed by atoms with Crippen molar-refractivity contribution in [3.05, 3.63) is 65.2 Å². The molecule has 1 aliphatic carbocycles. The van der Waals surface area contributed by atoms with Gasteiger partial charge in [-0.3, -0.25) is 4.79 Å². The summed E-state index contributed by atoms with van der Waals surface area (Å²) in [6, 6.07) is 14.2. The summed E-state index contributed by atoms with van der Waals surface area (Å²) < 4.78 is 10.6. The van der Waals surface area contributed by atoms with E-state index in [9.17, 15) is 4.79 Å². The van der Waals surface area contributed by atoms with Gasteiger partial charge in [0.1, 0.15) is 11.5 Å². The molecule has 136 valence electrons. The van der Waals surface area contributed by atoms with Crippen molar-refractivity contribution in [2.45, 2.75) is 32.4 Å². The predicted molar refractivity (Wildman–Crippen MR) is 103 cm³/mol. The third-order valence-corrected chi connectivity index (χ3v) is 4.57. The highest BCUT2D eigenvalue weighted by Gasteiger charge is 2.31. The van der Waals surface area contributed by atoms with Crippen molar-refractivity contribution in [3.8, 4) is 11.5 Å². The molecule has 1 amide bonds. The molecule has 0 atom stereocenters. The second-order valence-electron chi connectivity index (χ2n) is 6.62. The number of aryl methyl sites for hydroxylation is 1. The molecule has 4 nitrogen and oxygen atoms in total. The van der Waals surface area contributed by atoms with Gasteiger partial charge < -0.3 is 14.4 Å². The smallest absolute Gasteiger partial charge is 0.247 e. The summed E-state index contributed by atoms with van der Waals surface area (Å²) in [5.41, 5.74) is 3.16. The standard InChI is InChI=1S/C22H25NO3/c1-16-4-12-21(26-3)18(14-16)7-13-22(24)23(19-8-9-19)15-17-5-10-20(25-2)11-6-17/h4-7,10-14,19H,8-9,15H2,1-3H3/b13-7+. The van der Waals surface area contributed by atoms with Crippen LogP contribution in [0, 0.1) is 6.92 Å². The monoisotopic (exact) mass is 351 g/mol. The lowest BCUT2D eigenvalue weighted by molar-refractivity contribution is -0.127. The molecule has 0 saturated heterocycles. The van der Waals surface area contributed by atoms with Crippen molar-refractivity contribution in [1.82, 2.24) is 4.90 Å². The molecule has 2 aromatic rings. The molecule has 0 aromatic heterocycles. The van der Waals surface area contributed by atoms with Crippen LogP contribution < -0.4 is 9.47 Å². The van der Waals surface area contributed by atoms with Crippen LogP contribution in [0.15, 0.2) is 48.5 Å². The van der Waals surface area contributed by atoms with Gasteiger partial charge in [-0.1, -0.05) is 23.8 Å². The Morgan fingerprint density at radius 1 is 1.12 bits per heavy atom. The fraction of sp³-hybridized carbons (Fsp3) is 0.318. The topological polar surface area (TPSA) is 38.8 Å². The molecule has 0 radical (unpaired) electrons. The van der Waals surface area contributed by atoms with Gasteiger partial charge in [-0.25, -0.2) is 0 Å². The number of hydrogen-bond donors (Lipinski definition) is 0. The summed E-state index contributed by atoms with van der Waals surface area (Å²) in [7, 11) is 3.30. The molecule has 0 bridgehead atoms. The zero-order chi connectivity index (χ0) is 18.5. The van der Waals surface area contributed by atoms with E-state index in [0.29, 0.717) is 12.6 Å². The average Bonchev–Trinajstić information content (AvgIpc) is 3.50. The first-order chi connectivity index (χ1) is 12.6. The van der Waals surface area contributed by atoms with Crippen molar-refractivity contribution in [1.29, 1.82) is 0 Å². The van der Waals surface area contributed by atoms with Crippen LogP contribution >= 0.6 is 0 Å². The van der Waals surface area contributed by atoms with E-state index in [0.717, 1.165) is 41.0 Å². The van der Waals surface area contributed by atoms with Crippen LogP contribution in [0.1, 0.15) is 29.5 Å². The van der Waals surface area contributed by atoms with E-state index in [2.05, 4.69) is 0 Å². The van der Waals surface area contributed by atoms with Gasteiger partial charge in [0.05, 0.1) is 14.2 Å². The average molecular weight is 351 g/mol. The molecule has 1 fully saturated rings. The maximum Gasteiger partial charge on any atom is 0.247 e. The second-order valence-corrected chi connectivity index (χ2v) is 6.62. The highest BCUT2D eigenvalue weighted by atomic mass is 16.5. The molecule has 0 aliphatic heterocycles. The molecule has 26 heavy (non-hydrogen) atoms. The quantitative estimate of drug-likeness (QED) is 0.701. The number of hydrogen-bond acceptors (Lipinski definition) is 3. The number of carbonyl (C=O) groups is 1. The van der Waals surface area contributed by atoms with E-state index in [1.165, 1.54) is 0 Å². The first-order valence-corrected chi connectivity index (χ1v) is 8.87. The Hall–Kier alpha value is -2.75. The van der Waals surface area contributed by atoms with Gasteiger partial charge in [0.2, 0.25) is 5.91 Å². The van der Waals surface area contributed by atoms with Gasteiger partial charge in [0, 0.05) is 24.2 Å². The van der Waals surface area contributed by atoms with E-state index >= 15 is 0 Å². The normalized spacial score (nSPS) is 13.7. The Labute approximate surface area is 155 Å². The van der Waals surface area contributed by atoms with Gasteiger partial charge in [-0.05, 0) is 55.7 Å². The van der Waals surface area contributed by atoms with Crippen LogP contribution in [0.5, 0.6) is 11.5 Å². The SMILES string of the molecule is COc1ccc(CN(C(=O)/C=C/c2cc(C)ccc2OC)C2CC2)cc1. The summed E-state index contributed by atoms with van der Waals surface area (Å²) in [5, 5.41) is 0. The Morgan fingerprint density at radius 2 is 1.85 bits per heavy atom. The minimum Gasteiger partial charge on any atom is -0.497 e. The van der Waals surface area contributed by atoms with Gasteiger partial charge in [-0.15, -0.1) is 0 Å². The number of nitrogens with zero attached hydrogens (tertiary/aromatic N) is 1. The minimum absolute atomic E-state index is 0.0341. The van der Waals surface area contributed by atoms with Crippen LogP contribution in [-0.2, 0) is 11.3 Å². The fourth-order valence-electron chi connectivity index (χ4n) is 2.94. The molecule has 2 aromatic carbocycles. The zero-order valence-corrected chi connectivity index (χ0v) is 15.6. The van der Waals surface area contributed by atoms with Gasteiger partial charge >= 0.3 is 0 Å². The van der Waals surface area contributed by atoms with E-state index in [1.807, 2.05) is 60.4 Å². The number of rotatable bonds is 7. The Balaban J connectivity index is 1.74. The second kappa shape index (κ2) is 8.09. The summed E-state index contributed by atoms with van der Waals surface area (Å²) in [4.78, 5) is 14.7. The highest BCUT2D eigenvalue weighted by molar-refractivity contribution is 5.92. The van der Waals surface area contributed by atoms with Crippen LogP contribution in [0.2, 0.25) is 0 Å². The molecule has 0 spiro atoms. The molecule has 0 unspecified atom stereocenters. The van der Waals surface area contributed by atoms with Gasteiger partial charge in [-0.2, -0.15) is 0 Å². The summed E-state index contributed by atoms with van der Waals surface area (Å²) in [6.45, 7) is 2.64. The number of methoxy groups -OCH3 is 2. The van der Waals surface area contributed by atoms with E-state index < -0.39 is 0 Å². The van der Waals surface area contributed by atoms with Crippen molar-refractivity contribution >= 4 is 12.0 Å². The fourth-order valence-corrected chi connectivity index (χ4v) is 2.94. The zero-order valence-electron chi connectivity index (χ0n) is 15.6. The minimum atomic E-state index is 0.0341. The van der Waals surface area contributed by atoms with Crippen molar-refractivity contribution in [2.24, 2.45) is 0 Å². The van der Waals surface area contributed by atoms with Crippen molar-refractivity contribution in [2.75, 3.05) is 14.2 Å². The molecular weight excluding hydrogens is 326 g/mol.